The number of benzene rings is 1. The van der Waals surface area contributed by atoms with E-state index in [9.17, 15) is 14.0 Å². The van der Waals surface area contributed by atoms with Crippen molar-refractivity contribution in [2.75, 3.05) is 0 Å². The van der Waals surface area contributed by atoms with Crippen LogP contribution in [0.25, 0.3) is 0 Å². The van der Waals surface area contributed by atoms with Gasteiger partial charge >= 0.3 is 6.03 Å². The van der Waals surface area contributed by atoms with Gasteiger partial charge in [-0.3, -0.25) is 10.2 Å². The number of aromatic hydroxyl groups is 1. The number of nitrogens with one attached hydrogen (secondary N) is 2. The monoisotopic (exact) mass is 213 g/mol. The van der Waals surface area contributed by atoms with E-state index in [-0.39, 0.29) is 11.3 Å². The van der Waals surface area contributed by atoms with Gasteiger partial charge in [-0.05, 0) is 12.1 Å². The van der Waals surface area contributed by atoms with Gasteiger partial charge in [-0.25, -0.2) is 14.6 Å². The third kappa shape index (κ3) is 2.83. The minimum absolute atomic E-state index is 0.299. The Morgan fingerprint density at radius 1 is 1.33 bits per heavy atom. The number of primary amides is 1. The van der Waals surface area contributed by atoms with Gasteiger partial charge in [-0.1, -0.05) is 0 Å². The normalized spacial score (nSPS) is 9.40. The molecule has 7 heteroatoms. The van der Waals surface area contributed by atoms with Crippen molar-refractivity contribution in [3.05, 3.63) is 29.6 Å². The molecular formula is C8H8FN3O3. The lowest BCUT2D eigenvalue weighted by Gasteiger charge is -2.05. The molecule has 3 amide bonds. The average Bonchev–Trinajstić information content (AvgIpc) is 2.14. The van der Waals surface area contributed by atoms with E-state index in [1.54, 1.807) is 5.43 Å². The fraction of sp³-hybridized carbons (Fsp3) is 0. The molecule has 0 spiro atoms. The van der Waals surface area contributed by atoms with Gasteiger partial charge in [0.25, 0.3) is 5.91 Å². The van der Waals surface area contributed by atoms with Gasteiger partial charge in [0.1, 0.15) is 11.6 Å². The number of halogens is 1. The summed E-state index contributed by atoms with van der Waals surface area (Å²) in [5.74, 6) is -2.07. The molecule has 0 atom stereocenters. The maximum atomic E-state index is 13.1. The topological polar surface area (TPSA) is 104 Å². The highest BCUT2D eigenvalue weighted by Gasteiger charge is 2.11. The molecule has 15 heavy (non-hydrogen) atoms. The zero-order valence-corrected chi connectivity index (χ0v) is 7.45. The van der Waals surface area contributed by atoms with Gasteiger partial charge in [0, 0.05) is 6.07 Å². The number of phenolic OH excluding ortho intramolecular Hbond substituents is 1. The van der Waals surface area contributed by atoms with Gasteiger partial charge in [0.2, 0.25) is 0 Å². The highest BCUT2D eigenvalue weighted by Crippen LogP contribution is 2.14. The fourth-order valence-electron chi connectivity index (χ4n) is 0.874. The summed E-state index contributed by atoms with van der Waals surface area (Å²) in [6.07, 6.45) is 0. The summed E-state index contributed by atoms with van der Waals surface area (Å²) in [6, 6.07) is 2.02. The molecule has 0 saturated heterocycles. The highest BCUT2D eigenvalue weighted by atomic mass is 19.1. The van der Waals surface area contributed by atoms with Crippen molar-refractivity contribution in [1.29, 1.82) is 0 Å². The van der Waals surface area contributed by atoms with E-state index >= 15 is 0 Å². The van der Waals surface area contributed by atoms with Crippen LogP contribution in [0, 0.1) is 5.82 Å². The van der Waals surface area contributed by atoms with Crippen LogP contribution in [0.5, 0.6) is 5.75 Å². The molecule has 0 aliphatic heterocycles. The SMILES string of the molecule is NC(=O)NNC(=O)c1ccc(O)cc1F. The summed E-state index contributed by atoms with van der Waals surface area (Å²) in [5.41, 5.74) is 8.03. The third-order valence-corrected chi connectivity index (χ3v) is 1.50. The number of carbonyl (C=O) groups is 2. The number of urea groups is 1. The minimum Gasteiger partial charge on any atom is -0.508 e. The van der Waals surface area contributed by atoms with Gasteiger partial charge in [-0.15, -0.1) is 0 Å². The molecule has 0 aliphatic rings. The molecule has 1 aromatic carbocycles. The Morgan fingerprint density at radius 3 is 2.53 bits per heavy atom. The molecular weight excluding hydrogens is 205 g/mol. The number of hydrazine groups is 1. The van der Waals surface area contributed by atoms with Crippen LogP contribution in [0.2, 0.25) is 0 Å². The number of rotatable bonds is 1. The van der Waals surface area contributed by atoms with Crippen LogP contribution < -0.4 is 16.6 Å². The van der Waals surface area contributed by atoms with E-state index in [4.69, 9.17) is 5.11 Å². The summed E-state index contributed by atoms with van der Waals surface area (Å²) in [7, 11) is 0. The van der Waals surface area contributed by atoms with Crippen molar-refractivity contribution in [2.24, 2.45) is 5.73 Å². The Balaban J connectivity index is 2.78. The molecule has 1 aromatic rings. The first-order valence-electron chi connectivity index (χ1n) is 3.85. The zero-order chi connectivity index (χ0) is 11.4. The average molecular weight is 213 g/mol. The summed E-state index contributed by atoms with van der Waals surface area (Å²) in [6.45, 7) is 0. The van der Waals surface area contributed by atoms with Crippen molar-refractivity contribution in [3.63, 3.8) is 0 Å². The maximum Gasteiger partial charge on any atom is 0.330 e. The van der Waals surface area contributed by atoms with Crippen LogP contribution in [0.4, 0.5) is 9.18 Å². The molecule has 0 saturated carbocycles. The van der Waals surface area contributed by atoms with Crippen molar-refractivity contribution < 1.29 is 19.1 Å². The Kier molecular flexibility index (Phi) is 3.06. The van der Waals surface area contributed by atoms with Gasteiger partial charge in [-0.2, -0.15) is 0 Å². The molecule has 0 radical (unpaired) electrons. The second-order valence-corrected chi connectivity index (χ2v) is 2.61. The first-order valence-corrected chi connectivity index (χ1v) is 3.85. The Hall–Kier alpha value is -2.31. The molecule has 5 N–H and O–H groups in total. The smallest absolute Gasteiger partial charge is 0.330 e. The Bertz CT molecular complexity index is 408. The second-order valence-electron chi connectivity index (χ2n) is 2.61. The summed E-state index contributed by atoms with van der Waals surface area (Å²) in [5, 5.41) is 8.88. The van der Waals surface area contributed by atoms with Gasteiger partial charge < -0.3 is 10.8 Å². The van der Waals surface area contributed by atoms with E-state index in [1.807, 2.05) is 5.43 Å². The largest absolute Gasteiger partial charge is 0.508 e. The number of nitrogens with two attached hydrogens (primary N) is 1. The van der Waals surface area contributed by atoms with Gasteiger partial charge in [0.05, 0.1) is 5.56 Å². The second kappa shape index (κ2) is 4.27. The van der Waals surface area contributed by atoms with Crippen molar-refractivity contribution in [3.8, 4) is 5.75 Å². The van der Waals surface area contributed by atoms with Crippen LogP contribution in [-0.4, -0.2) is 17.0 Å². The van der Waals surface area contributed by atoms with Crippen molar-refractivity contribution in [2.45, 2.75) is 0 Å². The molecule has 0 aromatic heterocycles. The maximum absolute atomic E-state index is 13.1. The standard InChI is InChI=1S/C8H8FN3O3/c9-6-3-4(13)1-2-5(6)7(14)11-12-8(10)15/h1-3,13H,(H,11,14)(H3,10,12,15). The first kappa shape index (κ1) is 10.8. The first-order chi connectivity index (χ1) is 7.00. The minimum atomic E-state index is -0.970. The van der Waals surface area contributed by atoms with Crippen LogP contribution in [0.3, 0.4) is 0 Å². The summed E-state index contributed by atoms with van der Waals surface area (Å²) < 4.78 is 13.1. The van der Waals surface area contributed by atoms with Crippen LogP contribution >= 0.6 is 0 Å². The lowest BCUT2D eigenvalue weighted by molar-refractivity contribution is 0.0933. The molecule has 6 nitrogen and oxygen atoms in total. The van der Waals surface area contributed by atoms with E-state index < -0.39 is 17.8 Å². The van der Waals surface area contributed by atoms with Crippen LogP contribution in [0.15, 0.2) is 18.2 Å². The predicted molar refractivity (Wildman–Crippen MR) is 48.3 cm³/mol. The zero-order valence-electron chi connectivity index (χ0n) is 7.45. The van der Waals surface area contributed by atoms with Crippen molar-refractivity contribution in [1.82, 2.24) is 10.9 Å². The number of phenols is 1. The molecule has 0 fully saturated rings. The summed E-state index contributed by atoms with van der Waals surface area (Å²) in [4.78, 5) is 21.4. The number of hydrogen-bond donors (Lipinski definition) is 4. The third-order valence-electron chi connectivity index (χ3n) is 1.50. The summed E-state index contributed by atoms with van der Waals surface area (Å²) >= 11 is 0. The lowest BCUT2D eigenvalue weighted by atomic mass is 10.2. The number of hydrogen-bond acceptors (Lipinski definition) is 3. The molecule has 80 valence electrons. The quantitative estimate of drug-likeness (QED) is 0.487. The van der Waals surface area contributed by atoms with E-state index in [0.29, 0.717) is 0 Å². The lowest BCUT2D eigenvalue weighted by Crippen LogP contribution is -2.44. The Morgan fingerprint density at radius 2 is 2.00 bits per heavy atom. The number of amides is 3. The highest BCUT2D eigenvalue weighted by molar-refractivity contribution is 5.95. The molecule has 0 bridgehead atoms. The van der Waals surface area contributed by atoms with Crippen molar-refractivity contribution >= 4 is 11.9 Å². The molecule has 0 unspecified atom stereocenters. The number of carbonyl (C=O) groups excluding carboxylic acids is 2. The fourth-order valence-corrected chi connectivity index (χ4v) is 0.874. The van der Waals surface area contributed by atoms with Gasteiger partial charge in [0.15, 0.2) is 0 Å². The molecule has 0 aliphatic carbocycles. The molecule has 0 heterocycles. The van der Waals surface area contributed by atoms with Crippen LogP contribution in [-0.2, 0) is 0 Å². The molecule has 1 rings (SSSR count). The van der Waals surface area contributed by atoms with E-state index in [2.05, 4.69) is 5.73 Å². The van der Waals surface area contributed by atoms with E-state index in [0.717, 1.165) is 18.2 Å². The van der Waals surface area contributed by atoms with E-state index in [1.165, 1.54) is 0 Å². The predicted octanol–water partition coefficient (Wildman–Crippen LogP) is -0.156. The van der Waals surface area contributed by atoms with Crippen LogP contribution in [0.1, 0.15) is 10.4 Å². The Labute approximate surface area is 83.9 Å².